The predicted octanol–water partition coefficient (Wildman–Crippen LogP) is 4.29. The number of hydrogen-bond donors (Lipinski definition) is 3. The molecule has 0 aliphatic carbocycles. The number of aliphatic hydroxyl groups excluding tert-OH is 1. The van der Waals surface area contributed by atoms with Crippen molar-refractivity contribution >= 4 is 35.2 Å². The fourth-order valence-corrected chi connectivity index (χ4v) is 3.73. The monoisotopic (exact) mass is 503 g/mol. The minimum Gasteiger partial charge on any atom is -0.444 e. The Morgan fingerprint density at radius 1 is 1.06 bits per heavy atom. The van der Waals surface area contributed by atoms with Gasteiger partial charge in [0.05, 0.1) is 17.3 Å². The number of carbonyl (C=O) groups excluding carboxylic acids is 3. The van der Waals surface area contributed by atoms with E-state index in [9.17, 15) is 19.5 Å². The number of nitrogens with one attached hydrogen (secondary N) is 2. The number of alkyl carbamates (subject to hydrolysis) is 1. The van der Waals surface area contributed by atoms with Crippen LogP contribution in [0, 0.1) is 20.8 Å². The van der Waals surface area contributed by atoms with E-state index in [1.54, 1.807) is 39.0 Å². The van der Waals surface area contributed by atoms with Crippen molar-refractivity contribution in [2.75, 3.05) is 25.0 Å². The van der Waals surface area contributed by atoms with Gasteiger partial charge in [-0.2, -0.15) is 0 Å². The Hall–Kier alpha value is -3.10. The van der Waals surface area contributed by atoms with E-state index in [-0.39, 0.29) is 13.2 Å². The average molecular weight is 504 g/mol. The van der Waals surface area contributed by atoms with Crippen molar-refractivity contribution in [2.45, 2.75) is 53.2 Å². The van der Waals surface area contributed by atoms with E-state index < -0.39 is 36.1 Å². The summed E-state index contributed by atoms with van der Waals surface area (Å²) >= 11 is 6.31. The van der Waals surface area contributed by atoms with Crippen LogP contribution in [0.15, 0.2) is 36.4 Å². The van der Waals surface area contributed by atoms with Crippen molar-refractivity contribution < 1.29 is 24.2 Å². The zero-order chi connectivity index (χ0) is 26.3. The van der Waals surface area contributed by atoms with Gasteiger partial charge in [-0.1, -0.05) is 41.9 Å². The first-order valence-corrected chi connectivity index (χ1v) is 11.7. The van der Waals surface area contributed by atoms with Gasteiger partial charge in [-0.25, -0.2) is 4.79 Å². The fourth-order valence-electron chi connectivity index (χ4n) is 3.46. The van der Waals surface area contributed by atoms with Gasteiger partial charge in [-0.15, -0.1) is 0 Å². The number of halogens is 1. The lowest BCUT2D eigenvalue weighted by atomic mass is 9.98. The molecular formula is C26H34ClN3O5. The number of para-hydroxylation sites is 1. The number of amides is 3. The van der Waals surface area contributed by atoms with Crippen LogP contribution in [-0.2, 0) is 14.3 Å². The molecule has 0 aliphatic rings. The number of rotatable bonds is 8. The lowest BCUT2D eigenvalue weighted by molar-refractivity contribution is -0.138. The minimum atomic E-state index is -1.08. The molecule has 0 radical (unpaired) electrons. The summed E-state index contributed by atoms with van der Waals surface area (Å²) in [6, 6.07) is 9.64. The molecule has 0 aromatic heterocycles. The molecule has 8 nitrogen and oxygen atoms in total. The van der Waals surface area contributed by atoms with Crippen molar-refractivity contribution in [3.05, 3.63) is 63.7 Å². The van der Waals surface area contributed by atoms with Crippen LogP contribution in [0.25, 0.3) is 0 Å². The summed E-state index contributed by atoms with van der Waals surface area (Å²) in [6.07, 6.45) is -0.756. The highest BCUT2D eigenvalue weighted by molar-refractivity contribution is 6.34. The number of hydrogen-bond acceptors (Lipinski definition) is 5. The van der Waals surface area contributed by atoms with Crippen LogP contribution in [0.2, 0.25) is 5.02 Å². The van der Waals surface area contributed by atoms with Gasteiger partial charge in [-0.3, -0.25) is 9.59 Å². The molecule has 1 unspecified atom stereocenters. The third kappa shape index (κ3) is 7.97. The Morgan fingerprint density at radius 2 is 1.74 bits per heavy atom. The van der Waals surface area contributed by atoms with Crippen molar-refractivity contribution in [3.63, 3.8) is 0 Å². The highest BCUT2D eigenvalue weighted by Gasteiger charge is 2.32. The number of aryl methyl sites for hydroxylation is 3. The summed E-state index contributed by atoms with van der Waals surface area (Å²) in [7, 11) is 0. The van der Waals surface area contributed by atoms with Gasteiger partial charge >= 0.3 is 6.09 Å². The van der Waals surface area contributed by atoms with Gasteiger partial charge in [-0.05, 0) is 69.9 Å². The molecule has 9 heteroatoms. The van der Waals surface area contributed by atoms with E-state index in [4.69, 9.17) is 16.3 Å². The van der Waals surface area contributed by atoms with Gasteiger partial charge in [0, 0.05) is 6.54 Å². The van der Waals surface area contributed by atoms with Crippen molar-refractivity contribution in [1.82, 2.24) is 10.2 Å². The van der Waals surface area contributed by atoms with Gasteiger partial charge in [0.2, 0.25) is 5.91 Å². The number of aliphatic hydroxyl groups is 1. The van der Waals surface area contributed by atoms with Crippen LogP contribution < -0.4 is 10.6 Å². The summed E-state index contributed by atoms with van der Waals surface area (Å²) in [5.74, 6) is -1.05. The molecule has 2 aromatic rings. The third-order valence-electron chi connectivity index (χ3n) is 5.32. The summed E-state index contributed by atoms with van der Waals surface area (Å²) in [6.45, 7) is 9.90. The molecule has 2 rings (SSSR count). The fraction of sp³-hybridized carbons (Fsp3) is 0.423. The van der Waals surface area contributed by atoms with Crippen LogP contribution >= 0.6 is 11.6 Å². The second-order valence-corrected chi connectivity index (χ2v) is 9.74. The summed E-state index contributed by atoms with van der Waals surface area (Å²) in [4.78, 5) is 40.1. The molecule has 0 bridgehead atoms. The summed E-state index contributed by atoms with van der Waals surface area (Å²) < 4.78 is 5.19. The van der Waals surface area contributed by atoms with Crippen molar-refractivity contribution in [2.24, 2.45) is 0 Å². The molecule has 0 fully saturated rings. The Bertz CT molecular complexity index is 1060. The number of ether oxygens (including phenoxy) is 1. The predicted molar refractivity (Wildman–Crippen MR) is 137 cm³/mol. The van der Waals surface area contributed by atoms with E-state index in [1.165, 1.54) is 4.90 Å². The Balaban J connectivity index is 2.41. The van der Waals surface area contributed by atoms with E-state index in [0.29, 0.717) is 16.3 Å². The molecule has 2 aromatic carbocycles. The highest BCUT2D eigenvalue weighted by atomic mass is 35.5. The number of nitrogens with zero attached hydrogens (tertiary/aromatic N) is 1. The molecule has 0 heterocycles. The molecule has 190 valence electrons. The molecule has 3 amide bonds. The Morgan fingerprint density at radius 3 is 2.31 bits per heavy atom. The lowest BCUT2D eigenvalue weighted by Crippen LogP contribution is -2.47. The molecular weight excluding hydrogens is 470 g/mol. The average Bonchev–Trinajstić information content (AvgIpc) is 2.75. The lowest BCUT2D eigenvalue weighted by Gasteiger charge is -2.31. The standard InChI is InChI=1S/C26H34ClN3O5/c1-16-10-11-19(14-18(16)3)23(24(33)29-22-17(2)8-7-9-20(22)27)30(12-13-31)21(32)15-28-25(34)35-26(4,5)6/h7-11,14,23,31H,12-13,15H2,1-6H3,(H,28,34)(H,29,33). The van der Waals surface area contributed by atoms with Gasteiger partial charge in [0.25, 0.3) is 5.91 Å². The van der Waals surface area contributed by atoms with Gasteiger partial charge < -0.3 is 25.4 Å². The second kappa shape index (κ2) is 12.0. The van der Waals surface area contributed by atoms with Crippen molar-refractivity contribution in [1.29, 1.82) is 0 Å². The third-order valence-corrected chi connectivity index (χ3v) is 5.64. The summed E-state index contributed by atoms with van der Waals surface area (Å²) in [5, 5.41) is 15.3. The van der Waals surface area contributed by atoms with Crippen LogP contribution in [0.5, 0.6) is 0 Å². The Labute approximate surface area is 211 Å². The molecule has 0 spiro atoms. The molecule has 0 saturated heterocycles. The first-order chi connectivity index (χ1) is 16.3. The van der Waals surface area contributed by atoms with Crippen molar-refractivity contribution in [3.8, 4) is 0 Å². The number of carbonyl (C=O) groups is 3. The second-order valence-electron chi connectivity index (χ2n) is 9.33. The zero-order valence-corrected chi connectivity index (χ0v) is 21.8. The first kappa shape index (κ1) is 28.1. The first-order valence-electron chi connectivity index (χ1n) is 11.3. The van der Waals surface area contributed by atoms with Crippen LogP contribution in [0.1, 0.15) is 49.1 Å². The molecule has 1 atom stereocenters. The SMILES string of the molecule is Cc1ccc(C(C(=O)Nc2c(C)cccc2Cl)N(CCO)C(=O)CNC(=O)OC(C)(C)C)cc1C. The zero-order valence-electron chi connectivity index (χ0n) is 21.1. The van der Waals surface area contributed by atoms with E-state index in [1.807, 2.05) is 39.0 Å². The maximum absolute atomic E-state index is 13.6. The summed E-state index contributed by atoms with van der Waals surface area (Å²) in [5.41, 5.74) is 3.01. The Kier molecular flexibility index (Phi) is 9.68. The highest BCUT2D eigenvalue weighted by Crippen LogP contribution is 2.29. The maximum atomic E-state index is 13.6. The van der Waals surface area contributed by atoms with E-state index in [2.05, 4.69) is 10.6 Å². The van der Waals surface area contributed by atoms with Gasteiger partial charge in [0.15, 0.2) is 0 Å². The number of benzene rings is 2. The van der Waals surface area contributed by atoms with Crippen LogP contribution in [-0.4, -0.2) is 53.2 Å². The number of anilines is 1. The molecule has 0 saturated carbocycles. The normalized spacial score (nSPS) is 12.0. The topological polar surface area (TPSA) is 108 Å². The van der Waals surface area contributed by atoms with Gasteiger partial charge in [0.1, 0.15) is 18.2 Å². The largest absolute Gasteiger partial charge is 0.444 e. The van der Waals surface area contributed by atoms with E-state index >= 15 is 0 Å². The minimum absolute atomic E-state index is 0.124. The van der Waals surface area contributed by atoms with Crippen LogP contribution in [0.4, 0.5) is 10.5 Å². The van der Waals surface area contributed by atoms with E-state index in [0.717, 1.165) is 16.7 Å². The smallest absolute Gasteiger partial charge is 0.408 e. The molecule has 0 aliphatic heterocycles. The molecule has 3 N–H and O–H groups in total. The maximum Gasteiger partial charge on any atom is 0.408 e. The molecule has 35 heavy (non-hydrogen) atoms. The quantitative estimate of drug-likeness (QED) is 0.498. The van der Waals surface area contributed by atoms with Crippen LogP contribution in [0.3, 0.4) is 0 Å².